The molecule has 0 bridgehead atoms. The number of aromatic nitrogens is 2. The smallest absolute Gasteiger partial charge is 0.373 e. The van der Waals surface area contributed by atoms with Crippen molar-refractivity contribution in [2.45, 2.75) is 0 Å². The van der Waals surface area contributed by atoms with Gasteiger partial charge in [0.2, 0.25) is 5.82 Å². The van der Waals surface area contributed by atoms with Crippen molar-refractivity contribution in [3.05, 3.63) is 89.0 Å². The highest BCUT2D eigenvalue weighted by Crippen LogP contribution is 2.37. The number of ether oxygens (including phenoxy) is 1. The quantitative estimate of drug-likeness (QED) is 0.380. The minimum Gasteiger partial charge on any atom is -0.433 e. The number of nitrogens with one attached hydrogen (secondary N) is 1. The van der Waals surface area contributed by atoms with Crippen molar-refractivity contribution in [1.29, 1.82) is 0 Å². The molecule has 1 aromatic heterocycles. The summed E-state index contributed by atoms with van der Waals surface area (Å²) in [6.07, 6.45) is 1.17. The summed E-state index contributed by atoms with van der Waals surface area (Å²) in [6.45, 7) is 0. The molecule has 4 rings (SSSR count). The lowest BCUT2D eigenvalue weighted by Gasteiger charge is -2.11. The Bertz CT molecular complexity index is 1160. The van der Waals surface area contributed by atoms with Gasteiger partial charge in [-0.05, 0) is 35.7 Å². The molecule has 0 atom stereocenters. The van der Waals surface area contributed by atoms with Crippen LogP contribution in [0.5, 0.6) is 11.6 Å². The Morgan fingerprint density at radius 3 is 2.50 bits per heavy atom. The molecular formula is C20H13FN4O3. The molecular weight excluding hydrogens is 363 g/mol. The third kappa shape index (κ3) is 3.43. The molecule has 0 aliphatic heterocycles. The van der Waals surface area contributed by atoms with E-state index in [4.69, 9.17) is 4.74 Å². The fourth-order valence-electron chi connectivity index (χ4n) is 2.75. The maximum Gasteiger partial charge on any atom is 0.373 e. The molecule has 0 radical (unpaired) electrons. The zero-order valence-electron chi connectivity index (χ0n) is 14.4. The van der Waals surface area contributed by atoms with Gasteiger partial charge in [0.1, 0.15) is 17.9 Å². The third-order valence-electron chi connectivity index (χ3n) is 4.03. The largest absolute Gasteiger partial charge is 0.433 e. The topological polar surface area (TPSA) is 90.2 Å². The van der Waals surface area contributed by atoms with E-state index in [2.05, 4.69) is 15.3 Å². The molecule has 1 N–H and O–H groups in total. The maximum absolute atomic E-state index is 13.1. The van der Waals surface area contributed by atoms with Crippen LogP contribution in [0, 0.1) is 15.9 Å². The molecule has 0 spiro atoms. The van der Waals surface area contributed by atoms with E-state index in [-0.39, 0.29) is 11.7 Å². The molecule has 0 fully saturated rings. The number of hydrogen-bond donors (Lipinski definition) is 1. The zero-order chi connectivity index (χ0) is 19.5. The van der Waals surface area contributed by atoms with Gasteiger partial charge < -0.3 is 10.1 Å². The van der Waals surface area contributed by atoms with E-state index in [1.807, 2.05) is 30.3 Å². The SMILES string of the molecule is O=[N+]([O-])c1c(Nc2ccc(F)cc2)ncnc1Oc1cccc2ccccc12. The van der Waals surface area contributed by atoms with E-state index >= 15 is 0 Å². The normalized spacial score (nSPS) is 10.6. The predicted octanol–water partition coefficient (Wildman–Crippen LogP) is 5.21. The van der Waals surface area contributed by atoms with Crippen LogP contribution in [0.2, 0.25) is 0 Å². The lowest BCUT2D eigenvalue weighted by molar-refractivity contribution is -0.385. The summed E-state index contributed by atoms with van der Waals surface area (Å²) in [5, 5.41) is 16.2. The highest BCUT2D eigenvalue weighted by Gasteiger charge is 2.25. The summed E-state index contributed by atoms with van der Waals surface area (Å²) in [5.74, 6) is -0.224. The zero-order valence-corrected chi connectivity index (χ0v) is 14.4. The van der Waals surface area contributed by atoms with Crippen LogP contribution in [0.4, 0.5) is 21.6 Å². The average Bonchev–Trinajstić information content (AvgIpc) is 2.70. The van der Waals surface area contributed by atoms with Crippen LogP contribution in [0.25, 0.3) is 10.8 Å². The number of halogens is 1. The minimum atomic E-state index is -0.619. The lowest BCUT2D eigenvalue weighted by Crippen LogP contribution is -2.03. The van der Waals surface area contributed by atoms with Crippen LogP contribution in [-0.2, 0) is 0 Å². The molecule has 7 nitrogen and oxygen atoms in total. The fourth-order valence-corrected chi connectivity index (χ4v) is 2.75. The maximum atomic E-state index is 13.1. The Labute approximate surface area is 158 Å². The van der Waals surface area contributed by atoms with Crippen LogP contribution in [0.3, 0.4) is 0 Å². The van der Waals surface area contributed by atoms with Crippen molar-refractivity contribution in [2.75, 3.05) is 5.32 Å². The Hall–Kier alpha value is -4.07. The first-order chi connectivity index (χ1) is 13.6. The Kier molecular flexibility index (Phi) is 4.51. The number of benzene rings is 3. The van der Waals surface area contributed by atoms with Gasteiger partial charge in [0, 0.05) is 11.1 Å². The molecule has 0 saturated carbocycles. The van der Waals surface area contributed by atoms with Gasteiger partial charge in [0.15, 0.2) is 0 Å². The van der Waals surface area contributed by atoms with Crippen LogP contribution in [-0.4, -0.2) is 14.9 Å². The first-order valence-corrected chi connectivity index (χ1v) is 8.29. The van der Waals surface area contributed by atoms with Crippen LogP contribution in [0.15, 0.2) is 73.1 Å². The number of fused-ring (bicyclic) bond motifs is 1. The van der Waals surface area contributed by atoms with Gasteiger partial charge in [0.05, 0.1) is 4.92 Å². The molecule has 0 aliphatic rings. The van der Waals surface area contributed by atoms with Crippen molar-refractivity contribution in [2.24, 2.45) is 0 Å². The van der Waals surface area contributed by atoms with Crippen molar-refractivity contribution in [3.63, 3.8) is 0 Å². The highest BCUT2D eigenvalue weighted by atomic mass is 19.1. The highest BCUT2D eigenvalue weighted by molar-refractivity contribution is 5.88. The number of nitro groups is 1. The van der Waals surface area contributed by atoms with Gasteiger partial charge in [-0.25, -0.2) is 9.37 Å². The van der Waals surface area contributed by atoms with Crippen LogP contribution in [0.1, 0.15) is 0 Å². The molecule has 0 amide bonds. The van der Waals surface area contributed by atoms with Crippen molar-refractivity contribution < 1.29 is 14.1 Å². The molecule has 138 valence electrons. The lowest BCUT2D eigenvalue weighted by atomic mass is 10.1. The van der Waals surface area contributed by atoms with Crippen molar-refractivity contribution in [3.8, 4) is 11.6 Å². The molecule has 4 aromatic rings. The van der Waals surface area contributed by atoms with E-state index in [0.29, 0.717) is 11.4 Å². The molecule has 28 heavy (non-hydrogen) atoms. The Morgan fingerprint density at radius 2 is 1.71 bits per heavy atom. The molecule has 0 saturated heterocycles. The van der Waals surface area contributed by atoms with E-state index < -0.39 is 16.4 Å². The van der Waals surface area contributed by atoms with E-state index in [1.165, 1.54) is 30.6 Å². The second kappa shape index (κ2) is 7.28. The number of hydrogen-bond acceptors (Lipinski definition) is 6. The van der Waals surface area contributed by atoms with Crippen molar-refractivity contribution in [1.82, 2.24) is 9.97 Å². The first kappa shape index (κ1) is 17.3. The monoisotopic (exact) mass is 376 g/mol. The van der Waals surface area contributed by atoms with Gasteiger partial charge in [-0.1, -0.05) is 36.4 Å². The molecule has 3 aromatic carbocycles. The second-order valence-electron chi connectivity index (χ2n) is 5.84. The Morgan fingerprint density at radius 1 is 0.964 bits per heavy atom. The average molecular weight is 376 g/mol. The standard InChI is InChI=1S/C20H13FN4O3/c21-14-8-10-15(11-9-14)24-19-18(25(26)27)20(23-12-22-19)28-17-7-3-5-13-4-1-2-6-16(13)17/h1-12H,(H,22,23,24). The summed E-state index contributed by atoms with van der Waals surface area (Å²) in [4.78, 5) is 19.0. The molecule has 1 heterocycles. The van der Waals surface area contributed by atoms with Gasteiger partial charge in [-0.15, -0.1) is 0 Å². The first-order valence-electron chi connectivity index (χ1n) is 8.29. The predicted molar refractivity (Wildman–Crippen MR) is 102 cm³/mol. The van der Waals surface area contributed by atoms with Gasteiger partial charge >= 0.3 is 11.6 Å². The van der Waals surface area contributed by atoms with Gasteiger partial charge in [-0.3, -0.25) is 10.1 Å². The molecule has 8 heteroatoms. The van der Waals surface area contributed by atoms with E-state index in [9.17, 15) is 14.5 Å². The third-order valence-corrected chi connectivity index (χ3v) is 4.03. The summed E-state index contributed by atoms with van der Waals surface area (Å²) in [6, 6.07) is 18.3. The number of rotatable bonds is 5. The fraction of sp³-hybridized carbons (Fsp3) is 0. The molecule has 0 unspecified atom stereocenters. The molecule has 0 aliphatic carbocycles. The van der Waals surface area contributed by atoms with E-state index in [0.717, 1.165) is 10.8 Å². The van der Waals surface area contributed by atoms with Crippen molar-refractivity contribution >= 4 is 28.0 Å². The summed E-state index contributed by atoms with van der Waals surface area (Å²) in [7, 11) is 0. The van der Waals surface area contributed by atoms with Crippen LogP contribution >= 0.6 is 0 Å². The Balaban J connectivity index is 1.74. The number of anilines is 2. The minimum absolute atomic E-state index is 0.0538. The van der Waals surface area contributed by atoms with E-state index in [1.54, 1.807) is 12.1 Å². The summed E-state index contributed by atoms with van der Waals surface area (Å²) in [5.41, 5.74) is 0.0269. The second-order valence-corrected chi connectivity index (χ2v) is 5.84. The van der Waals surface area contributed by atoms with Gasteiger partial charge in [-0.2, -0.15) is 4.98 Å². The number of nitrogens with zero attached hydrogens (tertiary/aromatic N) is 3. The summed E-state index contributed by atoms with van der Waals surface area (Å²) >= 11 is 0. The van der Waals surface area contributed by atoms with Gasteiger partial charge in [0.25, 0.3) is 0 Å². The van der Waals surface area contributed by atoms with Crippen LogP contribution < -0.4 is 10.1 Å². The summed E-state index contributed by atoms with van der Waals surface area (Å²) < 4.78 is 18.9.